The fourth-order valence-corrected chi connectivity index (χ4v) is 2.51. The fourth-order valence-electron chi connectivity index (χ4n) is 2.51. The zero-order valence-corrected chi connectivity index (χ0v) is 18.8. The van der Waals surface area contributed by atoms with Crippen molar-refractivity contribution in [1.29, 1.82) is 0 Å². The van der Waals surface area contributed by atoms with Crippen LogP contribution in [0.25, 0.3) is 0 Å². The van der Waals surface area contributed by atoms with Crippen molar-refractivity contribution in [2.45, 2.75) is 26.3 Å². The van der Waals surface area contributed by atoms with E-state index in [1.54, 1.807) is 12.1 Å². The summed E-state index contributed by atoms with van der Waals surface area (Å²) in [6.07, 6.45) is 5.46. The Balaban J connectivity index is 0.00000392. The number of hydrogen-bond acceptors (Lipinski definition) is 3. The smallest absolute Gasteiger partial charge is 0.291 e. The first-order chi connectivity index (χ1) is 13.1. The number of hydrogen-bond donors (Lipinski definition) is 2. The molecule has 6 nitrogen and oxygen atoms in total. The van der Waals surface area contributed by atoms with E-state index in [-0.39, 0.29) is 29.9 Å². The number of nitrogens with one attached hydrogen (secondary N) is 2. The molecule has 0 aliphatic heterocycles. The highest BCUT2D eigenvalue weighted by atomic mass is 127. The Morgan fingerprint density at radius 3 is 2.64 bits per heavy atom. The summed E-state index contributed by atoms with van der Waals surface area (Å²) >= 11 is 0. The SMILES string of the molecule is C=CCCCN(C)C(=NCc1ccc(NC(=O)c2ccco2)cc1)NCC.I. The Morgan fingerprint density at radius 1 is 1.29 bits per heavy atom. The molecule has 0 fully saturated rings. The lowest BCUT2D eigenvalue weighted by Gasteiger charge is -2.21. The van der Waals surface area contributed by atoms with Gasteiger partial charge in [-0.25, -0.2) is 4.99 Å². The molecule has 2 N–H and O–H groups in total. The molecule has 0 saturated heterocycles. The zero-order chi connectivity index (χ0) is 19.5. The number of halogens is 1. The van der Waals surface area contributed by atoms with Crippen LogP contribution in [0.4, 0.5) is 5.69 Å². The molecule has 0 aliphatic rings. The van der Waals surface area contributed by atoms with Gasteiger partial charge in [-0.1, -0.05) is 18.2 Å². The molecule has 0 radical (unpaired) electrons. The lowest BCUT2D eigenvalue weighted by Crippen LogP contribution is -2.39. The highest BCUT2D eigenvalue weighted by molar-refractivity contribution is 14.0. The van der Waals surface area contributed by atoms with Gasteiger partial charge in [0, 0.05) is 25.8 Å². The molecule has 0 bridgehead atoms. The fraction of sp³-hybridized carbons (Fsp3) is 0.333. The van der Waals surface area contributed by atoms with Gasteiger partial charge >= 0.3 is 0 Å². The van der Waals surface area contributed by atoms with Crippen molar-refractivity contribution in [2.24, 2.45) is 4.99 Å². The maximum atomic E-state index is 12.0. The molecule has 2 aromatic rings. The van der Waals surface area contributed by atoms with Crippen LogP contribution in [-0.4, -0.2) is 36.9 Å². The third-order valence-corrected chi connectivity index (χ3v) is 3.97. The molecule has 1 heterocycles. The standard InChI is InChI=1S/C21H28N4O2.HI/c1-4-6-7-14-25(3)21(22-5-2)23-16-17-10-12-18(13-11-17)24-20(26)19-9-8-15-27-19;/h4,8-13,15H,1,5-7,14,16H2,2-3H3,(H,22,23)(H,24,26);1H. The van der Waals surface area contributed by atoms with Crippen molar-refractivity contribution in [3.05, 3.63) is 66.6 Å². The van der Waals surface area contributed by atoms with E-state index in [2.05, 4.69) is 29.0 Å². The molecule has 0 aliphatic carbocycles. The summed E-state index contributed by atoms with van der Waals surface area (Å²) in [6.45, 7) is 8.14. The van der Waals surface area contributed by atoms with Gasteiger partial charge in [-0.05, 0) is 49.6 Å². The largest absolute Gasteiger partial charge is 0.459 e. The Kier molecular flexibility index (Phi) is 11.0. The Labute approximate surface area is 184 Å². The first kappa shape index (κ1) is 23.7. The highest BCUT2D eigenvalue weighted by Gasteiger charge is 2.08. The van der Waals surface area contributed by atoms with Crippen molar-refractivity contribution >= 4 is 41.5 Å². The van der Waals surface area contributed by atoms with Crippen molar-refractivity contribution in [3.63, 3.8) is 0 Å². The summed E-state index contributed by atoms with van der Waals surface area (Å²) in [5, 5.41) is 6.12. The number of anilines is 1. The number of allylic oxidation sites excluding steroid dienone is 1. The molecule has 0 spiro atoms. The van der Waals surface area contributed by atoms with Gasteiger partial charge in [0.05, 0.1) is 12.8 Å². The van der Waals surface area contributed by atoms with E-state index >= 15 is 0 Å². The summed E-state index contributed by atoms with van der Waals surface area (Å²) in [5.74, 6) is 0.913. The van der Waals surface area contributed by atoms with Crippen LogP contribution in [0, 0.1) is 0 Å². The van der Waals surface area contributed by atoms with Crippen LogP contribution in [-0.2, 0) is 6.54 Å². The average Bonchev–Trinajstić information content (AvgIpc) is 3.21. The predicted molar refractivity (Wildman–Crippen MR) is 125 cm³/mol. The number of unbranched alkanes of at least 4 members (excludes halogenated alkanes) is 1. The molecule has 0 atom stereocenters. The number of nitrogens with zero attached hydrogens (tertiary/aromatic N) is 2. The Hall–Kier alpha value is -2.29. The Morgan fingerprint density at radius 2 is 2.04 bits per heavy atom. The van der Waals surface area contributed by atoms with Gasteiger partial charge in [-0.15, -0.1) is 30.6 Å². The molecule has 1 aromatic heterocycles. The van der Waals surface area contributed by atoms with Crippen LogP contribution >= 0.6 is 24.0 Å². The van der Waals surface area contributed by atoms with E-state index in [0.29, 0.717) is 12.3 Å². The average molecular weight is 496 g/mol. The van der Waals surface area contributed by atoms with Crippen LogP contribution in [0.2, 0.25) is 0 Å². The molecule has 28 heavy (non-hydrogen) atoms. The van der Waals surface area contributed by atoms with Gasteiger partial charge in [0.25, 0.3) is 5.91 Å². The number of carbonyl (C=O) groups is 1. The van der Waals surface area contributed by atoms with Crippen LogP contribution in [0.5, 0.6) is 0 Å². The minimum Gasteiger partial charge on any atom is -0.459 e. The predicted octanol–water partition coefficient (Wildman–Crippen LogP) is 4.51. The van der Waals surface area contributed by atoms with Crippen molar-refractivity contribution in [3.8, 4) is 0 Å². The normalized spacial score (nSPS) is 10.7. The van der Waals surface area contributed by atoms with Crippen molar-refractivity contribution < 1.29 is 9.21 Å². The maximum absolute atomic E-state index is 12.0. The van der Waals surface area contributed by atoms with E-state index in [4.69, 9.17) is 9.41 Å². The molecular formula is C21H29IN4O2. The van der Waals surface area contributed by atoms with Crippen LogP contribution in [0.3, 0.4) is 0 Å². The number of aliphatic imine (C=N–C) groups is 1. The second-order valence-corrected chi connectivity index (χ2v) is 6.15. The summed E-state index contributed by atoms with van der Waals surface area (Å²) in [4.78, 5) is 18.8. The molecule has 152 valence electrons. The third-order valence-electron chi connectivity index (χ3n) is 3.97. The molecular weight excluding hydrogens is 467 g/mol. The minimum atomic E-state index is -0.263. The molecule has 2 rings (SSSR count). The van der Waals surface area contributed by atoms with E-state index in [9.17, 15) is 4.79 Å². The molecule has 0 unspecified atom stereocenters. The first-order valence-corrected chi connectivity index (χ1v) is 9.18. The van der Waals surface area contributed by atoms with Crippen molar-refractivity contribution in [1.82, 2.24) is 10.2 Å². The molecule has 0 saturated carbocycles. The lowest BCUT2D eigenvalue weighted by molar-refractivity contribution is 0.0996. The zero-order valence-electron chi connectivity index (χ0n) is 16.5. The monoisotopic (exact) mass is 496 g/mol. The van der Waals surface area contributed by atoms with Crippen LogP contribution in [0.15, 0.2) is 64.7 Å². The highest BCUT2D eigenvalue weighted by Crippen LogP contribution is 2.12. The lowest BCUT2D eigenvalue weighted by atomic mass is 10.2. The summed E-state index contributed by atoms with van der Waals surface area (Å²) in [5.41, 5.74) is 1.79. The van der Waals surface area contributed by atoms with E-state index in [1.165, 1.54) is 6.26 Å². The van der Waals surface area contributed by atoms with Gasteiger partial charge in [-0.3, -0.25) is 4.79 Å². The molecule has 1 amide bonds. The van der Waals surface area contributed by atoms with Crippen molar-refractivity contribution in [2.75, 3.05) is 25.5 Å². The second-order valence-electron chi connectivity index (χ2n) is 6.15. The third kappa shape index (κ3) is 7.75. The summed E-state index contributed by atoms with van der Waals surface area (Å²) < 4.78 is 5.09. The van der Waals surface area contributed by atoms with Gasteiger partial charge < -0.3 is 20.0 Å². The van der Waals surface area contributed by atoms with Crippen LogP contribution in [0.1, 0.15) is 35.9 Å². The van der Waals surface area contributed by atoms with Gasteiger partial charge in [0.1, 0.15) is 0 Å². The Bertz CT molecular complexity index is 742. The van der Waals surface area contributed by atoms with Gasteiger partial charge in [0.2, 0.25) is 0 Å². The number of carbonyl (C=O) groups excluding carboxylic acids is 1. The number of amides is 1. The first-order valence-electron chi connectivity index (χ1n) is 9.18. The summed E-state index contributed by atoms with van der Waals surface area (Å²) in [6, 6.07) is 11.0. The van der Waals surface area contributed by atoms with E-state index < -0.39 is 0 Å². The molecule has 7 heteroatoms. The number of guanidine groups is 1. The van der Waals surface area contributed by atoms with E-state index in [1.807, 2.05) is 37.4 Å². The maximum Gasteiger partial charge on any atom is 0.291 e. The molecule has 1 aromatic carbocycles. The van der Waals surface area contributed by atoms with E-state index in [0.717, 1.165) is 43.1 Å². The van der Waals surface area contributed by atoms with Gasteiger partial charge in [-0.2, -0.15) is 0 Å². The van der Waals surface area contributed by atoms with Crippen LogP contribution < -0.4 is 10.6 Å². The topological polar surface area (TPSA) is 69.9 Å². The van der Waals surface area contributed by atoms with Gasteiger partial charge in [0.15, 0.2) is 11.7 Å². The number of rotatable bonds is 9. The number of benzene rings is 1. The minimum absolute atomic E-state index is 0. The quantitative estimate of drug-likeness (QED) is 0.176. The number of furan rings is 1. The second kappa shape index (κ2) is 13.0. The summed E-state index contributed by atoms with van der Waals surface area (Å²) in [7, 11) is 2.04.